The van der Waals surface area contributed by atoms with Crippen molar-refractivity contribution in [3.8, 4) is 0 Å². The number of hydrogen-bond acceptors (Lipinski definition) is 6. The van der Waals surface area contributed by atoms with Gasteiger partial charge in [-0.3, -0.25) is 15.0 Å². The van der Waals surface area contributed by atoms with Gasteiger partial charge < -0.3 is 4.98 Å². The van der Waals surface area contributed by atoms with E-state index in [9.17, 15) is 9.59 Å². The molecule has 4 N–H and O–H groups in total. The molecule has 0 radical (unpaired) electrons. The maximum Gasteiger partial charge on any atom is 0.277 e. The maximum absolute atomic E-state index is 11.7. The highest BCUT2D eigenvalue weighted by Gasteiger charge is 2.19. The number of aromatic amines is 1. The number of rotatable bonds is 1. The molecule has 3 aromatic heterocycles. The van der Waals surface area contributed by atoms with Crippen molar-refractivity contribution in [3.63, 3.8) is 0 Å². The van der Waals surface area contributed by atoms with E-state index in [1.165, 1.54) is 10.7 Å². The number of nitrogens with one attached hydrogen (secondary N) is 2. The Kier molecular flexibility index (Phi) is 2.29. The van der Waals surface area contributed by atoms with Crippen LogP contribution in [0.4, 0.5) is 0 Å². The Hall–Kier alpha value is -2.81. The van der Waals surface area contributed by atoms with Crippen LogP contribution >= 0.6 is 0 Å². The Bertz CT molecular complexity index is 863. The largest absolute Gasteiger partial charge is 0.327 e. The van der Waals surface area contributed by atoms with Crippen molar-refractivity contribution in [2.45, 2.75) is 6.92 Å². The van der Waals surface area contributed by atoms with Crippen molar-refractivity contribution >= 4 is 22.6 Å². The van der Waals surface area contributed by atoms with Crippen LogP contribution < -0.4 is 16.8 Å². The van der Waals surface area contributed by atoms with Gasteiger partial charge in [0, 0.05) is 6.20 Å². The van der Waals surface area contributed by atoms with Crippen molar-refractivity contribution < 1.29 is 4.79 Å². The number of hydrogen-bond donors (Lipinski definition) is 3. The van der Waals surface area contributed by atoms with E-state index in [4.69, 9.17) is 5.84 Å². The number of fused-ring (bicyclic) bond motifs is 3. The second-order valence-electron chi connectivity index (χ2n) is 3.91. The van der Waals surface area contributed by atoms with E-state index in [2.05, 4.69) is 20.3 Å². The Morgan fingerprint density at radius 2 is 2.26 bits per heavy atom. The van der Waals surface area contributed by atoms with Crippen LogP contribution in [0.2, 0.25) is 0 Å². The average molecular weight is 259 g/mol. The molecule has 9 nitrogen and oxygen atoms in total. The van der Waals surface area contributed by atoms with E-state index < -0.39 is 5.91 Å². The monoisotopic (exact) mass is 259 g/mol. The summed E-state index contributed by atoms with van der Waals surface area (Å²) in [7, 11) is 0. The molecule has 1 amide bonds. The fourth-order valence-electron chi connectivity index (χ4n) is 1.94. The predicted molar refractivity (Wildman–Crippen MR) is 65.3 cm³/mol. The topological polar surface area (TPSA) is 131 Å². The zero-order chi connectivity index (χ0) is 13.6. The Labute approximate surface area is 105 Å². The number of nitrogens with zero attached hydrogens (tertiary/aromatic N) is 4. The first-order valence-electron chi connectivity index (χ1n) is 5.38. The SMILES string of the molecule is Cc1nn2c(nnc3c(=O)[nH]ccc32)c1C(=O)NN. The highest BCUT2D eigenvalue weighted by atomic mass is 16.2. The number of aryl methyl sites for hydroxylation is 1. The van der Waals surface area contributed by atoms with Crippen molar-refractivity contribution in [1.82, 2.24) is 30.2 Å². The third-order valence-electron chi connectivity index (χ3n) is 2.78. The van der Waals surface area contributed by atoms with Gasteiger partial charge in [-0.2, -0.15) is 5.10 Å². The summed E-state index contributed by atoms with van der Waals surface area (Å²) in [6.45, 7) is 1.65. The van der Waals surface area contributed by atoms with Gasteiger partial charge in [-0.25, -0.2) is 10.4 Å². The van der Waals surface area contributed by atoms with Crippen LogP contribution in [0.5, 0.6) is 0 Å². The van der Waals surface area contributed by atoms with E-state index in [1.807, 2.05) is 5.43 Å². The zero-order valence-electron chi connectivity index (χ0n) is 9.84. The summed E-state index contributed by atoms with van der Waals surface area (Å²) in [5.41, 5.74) is 3.21. The molecule has 3 heterocycles. The van der Waals surface area contributed by atoms with E-state index in [0.29, 0.717) is 11.2 Å². The molecule has 19 heavy (non-hydrogen) atoms. The van der Waals surface area contributed by atoms with E-state index in [1.54, 1.807) is 13.0 Å². The number of nitrogen functional groups attached to an aromatic ring is 1. The molecule has 0 saturated heterocycles. The van der Waals surface area contributed by atoms with E-state index >= 15 is 0 Å². The van der Waals surface area contributed by atoms with Crippen molar-refractivity contribution in [3.05, 3.63) is 33.9 Å². The maximum atomic E-state index is 11.7. The number of carbonyl (C=O) groups excluding carboxylic acids is 1. The molecule has 3 aromatic rings. The van der Waals surface area contributed by atoms with Crippen molar-refractivity contribution in [1.29, 1.82) is 0 Å². The number of hydrazine groups is 1. The third kappa shape index (κ3) is 1.48. The van der Waals surface area contributed by atoms with Crippen LogP contribution in [0, 0.1) is 6.92 Å². The van der Waals surface area contributed by atoms with Crippen LogP contribution in [0.3, 0.4) is 0 Å². The van der Waals surface area contributed by atoms with Crippen LogP contribution in [0.25, 0.3) is 16.7 Å². The highest BCUT2D eigenvalue weighted by molar-refractivity contribution is 6.01. The first-order chi connectivity index (χ1) is 9.13. The summed E-state index contributed by atoms with van der Waals surface area (Å²) < 4.78 is 1.40. The Balaban J connectivity index is 2.49. The molecule has 0 spiro atoms. The van der Waals surface area contributed by atoms with Gasteiger partial charge in [0.2, 0.25) is 0 Å². The highest BCUT2D eigenvalue weighted by Crippen LogP contribution is 2.15. The number of H-pyrrole nitrogens is 1. The normalized spacial score (nSPS) is 11.1. The number of carbonyl (C=O) groups is 1. The summed E-state index contributed by atoms with van der Waals surface area (Å²) in [4.78, 5) is 25.8. The van der Waals surface area contributed by atoms with Gasteiger partial charge in [-0.1, -0.05) is 0 Å². The number of aromatic nitrogens is 5. The second-order valence-corrected chi connectivity index (χ2v) is 3.91. The molecule has 3 rings (SSSR count). The van der Waals surface area contributed by atoms with Gasteiger partial charge in [0.25, 0.3) is 11.5 Å². The average Bonchev–Trinajstić information content (AvgIpc) is 2.75. The number of nitrogens with two attached hydrogens (primary N) is 1. The summed E-state index contributed by atoms with van der Waals surface area (Å²) in [5.74, 6) is 4.61. The van der Waals surface area contributed by atoms with Gasteiger partial charge in [0.1, 0.15) is 11.1 Å². The Morgan fingerprint density at radius 1 is 1.47 bits per heavy atom. The summed E-state index contributed by atoms with van der Waals surface area (Å²) in [6.07, 6.45) is 1.48. The van der Waals surface area contributed by atoms with Crippen molar-refractivity contribution in [2.24, 2.45) is 5.84 Å². The summed E-state index contributed by atoms with van der Waals surface area (Å²) >= 11 is 0. The fourth-order valence-corrected chi connectivity index (χ4v) is 1.94. The van der Waals surface area contributed by atoms with Crippen molar-refractivity contribution in [2.75, 3.05) is 0 Å². The van der Waals surface area contributed by atoms with E-state index in [0.717, 1.165) is 0 Å². The molecule has 96 valence electrons. The molecule has 0 atom stereocenters. The van der Waals surface area contributed by atoms with Gasteiger partial charge in [0.05, 0.1) is 5.69 Å². The minimum absolute atomic E-state index is 0.150. The molecule has 0 unspecified atom stereocenters. The number of pyridine rings is 1. The summed E-state index contributed by atoms with van der Waals surface area (Å²) in [5, 5.41) is 11.9. The minimum atomic E-state index is -0.508. The van der Waals surface area contributed by atoms with Crippen LogP contribution in [-0.4, -0.2) is 30.7 Å². The van der Waals surface area contributed by atoms with E-state index in [-0.39, 0.29) is 22.3 Å². The minimum Gasteiger partial charge on any atom is -0.327 e. The lowest BCUT2D eigenvalue weighted by Crippen LogP contribution is -2.30. The standard InChI is InChI=1S/C10H9N7O2/c1-4-6(9(18)13-11)8-15-14-7-5(17(8)16-4)2-3-12-10(7)19/h2-3H,11H2,1H3,(H,12,19)(H,13,18). The molecule has 0 aliphatic carbocycles. The first-order valence-corrected chi connectivity index (χ1v) is 5.38. The lowest BCUT2D eigenvalue weighted by Gasteiger charge is -1.99. The quantitative estimate of drug-likeness (QED) is 0.288. The third-order valence-corrected chi connectivity index (χ3v) is 2.78. The van der Waals surface area contributed by atoms with Gasteiger partial charge >= 0.3 is 0 Å². The van der Waals surface area contributed by atoms with Gasteiger partial charge in [-0.15, -0.1) is 10.2 Å². The molecule has 0 saturated carbocycles. The van der Waals surface area contributed by atoms with Crippen LogP contribution in [-0.2, 0) is 0 Å². The van der Waals surface area contributed by atoms with Gasteiger partial charge in [0.15, 0.2) is 11.2 Å². The number of amides is 1. The summed E-state index contributed by atoms with van der Waals surface area (Å²) in [6, 6.07) is 1.63. The van der Waals surface area contributed by atoms with Gasteiger partial charge in [-0.05, 0) is 13.0 Å². The predicted octanol–water partition coefficient (Wildman–Crippen LogP) is -1.12. The van der Waals surface area contributed by atoms with Crippen LogP contribution in [0.1, 0.15) is 16.1 Å². The Morgan fingerprint density at radius 3 is 3.00 bits per heavy atom. The second kappa shape index (κ2) is 3.85. The lowest BCUT2D eigenvalue weighted by atomic mass is 10.2. The van der Waals surface area contributed by atoms with Crippen LogP contribution in [0.15, 0.2) is 17.1 Å². The molecule has 0 aromatic carbocycles. The molecular weight excluding hydrogens is 250 g/mol. The molecule has 0 bridgehead atoms. The first kappa shape index (κ1) is 11.3. The fraction of sp³-hybridized carbons (Fsp3) is 0.100. The molecule has 9 heteroatoms. The molecule has 0 fully saturated rings. The zero-order valence-corrected chi connectivity index (χ0v) is 9.84. The molecular formula is C10H9N7O2. The smallest absolute Gasteiger partial charge is 0.277 e. The lowest BCUT2D eigenvalue weighted by molar-refractivity contribution is 0.0954. The molecule has 0 aliphatic heterocycles. The molecule has 0 aliphatic rings.